The van der Waals surface area contributed by atoms with Crippen molar-refractivity contribution in [3.63, 3.8) is 0 Å². The molecular weight excluding hydrogens is 204 g/mol. The van der Waals surface area contributed by atoms with Crippen LogP contribution in [0.15, 0.2) is 0 Å². The first-order chi connectivity index (χ1) is 6.56. The normalized spacial score (nSPS) is 26.0. The third-order valence-corrected chi connectivity index (χ3v) is 4.15. The summed E-state index contributed by atoms with van der Waals surface area (Å²) in [5.74, 6) is 0.194. The first kappa shape index (κ1) is 11.9. The van der Waals surface area contributed by atoms with Crippen LogP contribution in [0.4, 0.5) is 0 Å². The minimum absolute atomic E-state index is 0.194. The van der Waals surface area contributed by atoms with Gasteiger partial charge in [-0.15, -0.1) is 0 Å². The molecule has 1 heterocycles. The summed E-state index contributed by atoms with van der Waals surface area (Å²) in [4.78, 5) is 0. The summed E-state index contributed by atoms with van der Waals surface area (Å²) in [6, 6.07) is -0.205. The van der Waals surface area contributed by atoms with Crippen LogP contribution in [0.25, 0.3) is 0 Å². The summed E-state index contributed by atoms with van der Waals surface area (Å²) in [5, 5.41) is 0. The van der Waals surface area contributed by atoms with Crippen LogP contribution in [-0.4, -0.2) is 50.8 Å². The van der Waals surface area contributed by atoms with Crippen molar-refractivity contribution in [1.82, 2.24) is 4.31 Å². The molecule has 0 amide bonds. The van der Waals surface area contributed by atoms with Crippen LogP contribution >= 0.6 is 0 Å². The Morgan fingerprint density at radius 2 is 2.29 bits per heavy atom. The van der Waals surface area contributed by atoms with Crippen LogP contribution in [0.2, 0.25) is 0 Å². The Kier molecular flexibility index (Phi) is 4.31. The maximum atomic E-state index is 11.7. The molecule has 0 saturated carbocycles. The summed E-state index contributed by atoms with van der Waals surface area (Å²) in [5.41, 5.74) is 5.69. The minimum atomic E-state index is -3.12. The topological polar surface area (TPSA) is 72.6 Å². The van der Waals surface area contributed by atoms with Crippen LogP contribution in [0.1, 0.15) is 13.3 Å². The van der Waals surface area contributed by atoms with Gasteiger partial charge >= 0.3 is 0 Å². The summed E-state index contributed by atoms with van der Waals surface area (Å²) in [6.45, 7) is 3.54. The highest BCUT2D eigenvalue weighted by Crippen LogP contribution is 2.07. The van der Waals surface area contributed by atoms with E-state index in [2.05, 4.69) is 0 Å². The fraction of sp³-hybridized carbons (Fsp3) is 1.00. The zero-order valence-electron chi connectivity index (χ0n) is 8.48. The average molecular weight is 222 g/mol. The van der Waals surface area contributed by atoms with Crippen molar-refractivity contribution in [3.8, 4) is 0 Å². The standard InChI is InChI=1S/C8H18N2O3S/c1-2-5-14(11,12)10-3-4-13-7-8(9)6-10/h8H,2-7,9H2,1H3. The molecule has 1 aliphatic rings. The van der Waals surface area contributed by atoms with E-state index in [0.29, 0.717) is 32.7 Å². The SMILES string of the molecule is CCCS(=O)(=O)N1CCOCC(N)C1. The molecule has 6 heteroatoms. The van der Waals surface area contributed by atoms with Gasteiger partial charge in [0.05, 0.1) is 19.0 Å². The molecule has 84 valence electrons. The molecule has 0 spiro atoms. The van der Waals surface area contributed by atoms with E-state index in [-0.39, 0.29) is 11.8 Å². The van der Waals surface area contributed by atoms with Crippen molar-refractivity contribution >= 4 is 10.0 Å². The molecule has 14 heavy (non-hydrogen) atoms. The molecule has 2 N–H and O–H groups in total. The average Bonchev–Trinajstić information content (AvgIpc) is 2.30. The highest BCUT2D eigenvalue weighted by molar-refractivity contribution is 7.89. The smallest absolute Gasteiger partial charge is 0.214 e. The van der Waals surface area contributed by atoms with Crippen molar-refractivity contribution in [2.75, 3.05) is 32.1 Å². The van der Waals surface area contributed by atoms with E-state index in [0.717, 1.165) is 0 Å². The van der Waals surface area contributed by atoms with Crippen LogP contribution in [-0.2, 0) is 14.8 Å². The lowest BCUT2D eigenvalue weighted by molar-refractivity contribution is 0.140. The third kappa shape index (κ3) is 3.20. The molecule has 0 bridgehead atoms. The Bertz CT molecular complexity index is 266. The van der Waals surface area contributed by atoms with E-state index in [1.807, 2.05) is 6.92 Å². The number of rotatable bonds is 3. The van der Waals surface area contributed by atoms with Crippen LogP contribution in [0.5, 0.6) is 0 Å². The van der Waals surface area contributed by atoms with Gasteiger partial charge in [-0.25, -0.2) is 8.42 Å². The number of nitrogens with zero attached hydrogens (tertiary/aromatic N) is 1. The lowest BCUT2D eigenvalue weighted by atomic mass is 10.3. The highest BCUT2D eigenvalue weighted by Gasteiger charge is 2.25. The fourth-order valence-electron chi connectivity index (χ4n) is 1.45. The van der Waals surface area contributed by atoms with Crippen molar-refractivity contribution in [2.24, 2.45) is 5.73 Å². The van der Waals surface area contributed by atoms with E-state index in [1.54, 1.807) is 0 Å². The largest absolute Gasteiger partial charge is 0.378 e. The van der Waals surface area contributed by atoms with E-state index < -0.39 is 10.0 Å². The van der Waals surface area contributed by atoms with Gasteiger partial charge in [-0.05, 0) is 6.42 Å². The second-order valence-electron chi connectivity index (χ2n) is 3.51. The second-order valence-corrected chi connectivity index (χ2v) is 5.60. The number of hydrogen-bond acceptors (Lipinski definition) is 4. The van der Waals surface area contributed by atoms with Crippen LogP contribution in [0, 0.1) is 0 Å². The third-order valence-electron chi connectivity index (χ3n) is 2.11. The highest BCUT2D eigenvalue weighted by atomic mass is 32.2. The quantitative estimate of drug-likeness (QED) is 0.691. The van der Waals surface area contributed by atoms with Gasteiger partial charge in [0.1, 0.15) is 0 Å². The first-order valence-corrected chi connectivity index (χ1v) is 6.48. The molecule has 5 nitrogen and oxygen atoms in total. The van der Waals surface area contributed by atoms with Gasteiger partial charge in [0.2, 0.25) is 10.0 Å². The second kappa shape index (κ2) is 5.06. The maximum absolute atomic E-state index is 11.7. The van der Waals surface area contributed by atoms with Gasteiger partial charge in [-0.1, -0.05) is 6.92 Å². The lowest BCUT2D eigenvalue weighted by Crippen LogP contribution is -2.42. The van der Waals surface area contributed by atoms with Crippen molar-refractivity contribution in [1.29, 1.82) is 0 Å². The molecule has 0 aromatic heterocycles. The molecule has 1 fully saturated rings. The fourth-order valence-corrected chi connectivity index (χ4v) is 2.99. The number of ether oxygens (including phenoxy) is 1. The number of hydrogen-bond donors (Lipinski definition) is 1. The van der Waals surface area contributed by atoms with Gasteiger partial charge in [-0.2, -0.15) is 4.31 Å². The van der Waals surface area contributed by atoms with E-state index in [1.165, 1.54) is 4.31 Å². The Labute approximate surface area is 85.3 Å². The predicted molar refractivity (Wildman–Crippen MR) is 54.4 cm³/mol. The van der Waals surface area contributed by atoms with Gasteiger partial charge in [-0.3, -0.25) is 0 Å². The van der Waals surface area contributed by atoms with Crippen LogP contribution in [0.3, 0.4) is 0 Å². The summed E-state index contributed by atoms with van der Waals surface area (Å²) < 4.78 is 30.0. The lowest BCUT2D eigenvalue weighted by Gasteiger charge is -2.20. The van der Waals surface area contributed by atoms with E-state index in [4.69, 9.17) is 10.5 Å². The van der Waals surface area contributed by atoms with Crippen molar-refractivity contribution < 1.29 is 13.2 Å². The van der Waals surface area contributed by atoms with Gasteiger partial charge in [0, 0.05) is 19.1 Å². The molecule has 1 atom stereocenters. The molecule has 1 aliphatic heterocycles. The van der Waals surface area contributed by atoms with E-state index >= 15 is 0 Å². The molecule has 1 unspecified atom stereocenters. The Hall–Kier alpha value is -0.170. The summed E-state index contributed by atoms with van der Waals surface area (Å²) in [7, 11) is -3.12. The molecule has 0 radical (unpaired) electrons. The molecule has 0 aromatic carbocycles. The molecular formula is C8H18N2O3S. The summed E-state index contributed by atoms with van der Waals surface area (Å²) >= 11 is 0. The zero-order chi connectivity index (χ0) is 10.6. The monoisotopic (exact) mass is 222 g/mol. The Morgan fingerprint density at radius 1 is 1.57 bits per heavy atom. The molecule has 0 aromatic rings. The molecule has 1 rings (SSSR count). The zero-order valence-corrected chi connectivity index (χ0v) is 9.29. The summed E-state index contributed by atoms with van der Waals surface area (Å²) in [6.07, 6.45) is 0.634. The maximum Gasteiger partial charge on any atom is 0.214 e. The van der Waals surface area contributed by atoms with Gasteiger partial charge < -0.3 is 10.5 Å². The predicted octanol–water partition coefficient (Wildman–Crippen LogP) is -0.614. The molecule has 1 saturated heterocycles. The first-order valence-electron chi connectivity index (χ1n) is 4.87. The van der Waals surface area contributed by atoms with E-state index in [9.17, 15) is 8.42 Å². The Balaban J connectivity index is 2.65. The Morgan fingerprint density at radius 3 is 2.93 bits per heavy atom. The van der Waals surface area contributed by atoms with Gasteiger partial charge in [0.25, 0.3) is 0 Å². The van der Waals surface area contributed by atoms with Crippen LogP contribution < -0.4 is 5.73 Å². The van der Waals surface area contributed by atoms with Crippen molar-refractivity contribution in [3.05, 3.63) is 0 Å². The number of nitrogens with two attached hydrogens (primary N) is 1. The molecule has 0 aliphatic carbocycles. The van der Waals surface area contributed by atoms with Gasteiger partial charge in [0.15, 0.2) is 0 Å². The minimum Gasteiger partial charge on any atom is -0.378 e. The van der Waals surface area contributed by atoms with Crippen molar-refractivity contribution in [2.45, 2.75) is 19.4 Å². The number of sulfonamides is 1.